The van der Waals surface area contributed by atoms with Crippen molar-refractivity contribution in [3.05, 3.63) is 471 Å². The predicted octanol–water partition coefficient (Wildman–Crippen LogP) is 33.2. The van der Waals surface area contributed by atoms with Crippen LogP contribution in [0, 0.1) is 27.7 Å². The zero-order valence-corrected chi connectivity index (χ0v) is 72.4. The Labute approximate surface area is 752 Å². The Hall–Kier alpha value is -16.8. The molecule has 612 valence electrons. The van der Waals surface area contributed by atoms with Gasteiger partial charge in [0.2, 0.25) is 0 Å². The first-order valence-corrected chi connectivity index (χ1v) is 45.0. The largest absolute Gasteiger partial charge is 0.309 e. The van der Waals surface area contributed by atoms with E-state index in [9.17, 15) is 0 Å². The molecular formula is C124H86N6. The summed E-state index contributed by atoms with van der Waals surface area (Å²) in [5.41, 5.74) is 40.7. The Kier molecular flexibility index (Phi) is 17.8. The fraction of sp³-hybridized carbons (Fsp3) is 0.0323. The van der Waals surface area contributed by atoms with Crippen molar-refractivity contribution in [2.45, 2.75) is 27.7 Å². The smallest absolute Gasteiger partial charge is 0.0541 e. The van der Waals surface area contributed by atoms with Gasteiger partial charge in [0, 0.05) is 98.8 Å². The van der Waals surface area contributed by atoms with Gasteiger partial charge in [0.15, 0.2) is 0 Å². The highest BCUT2D eigenvalue weighted by Crippen LogP contribution is 2.44. The molecule has 6 aromatic heterocycles. The summed E-state index contributed by atoms with van der Waals surface area (Å²) in [6, 6.07) is 166. The molecule has 0 unspecified atom stereocenters. The van der Waals surface area contributed by atoms with Gasteiger partial charge < -0.3 is 27.4 Å². The minimum Gasteiger partial charge on any atom is -0.309 e. The van der Waals surface area contributed by atoms with Crippen molar-refractivity contribution in [1.29, 1.82) is 0 Å². The van der Waals surface area contributed by atoms with Crippen molar-refractivity contribution in [3.63, 3.8) is 0 Å². The Morgan fingerprint density at radius 3 is 0.385 bits per heavy atom. The Morgan fingerprint density at radius 1 is 0.108 bits per heavy atom. The zero-order chi connectivity index (χ0) is 86.3. The number of nitrogens with zero attached hydrogens (tertiary/aromatic N) is 6. The van der Waals surface area contributed by atoms with Gasteiger partial charge in [-0.3, -0.25) is 0 Å². The minimum atomic E-state index is 1.15. The van der Waals surface area contributed by atoms with Crippen LogP contribution in [-0.4, -0.2) is 27.4 Å². The predicted molar refractivity (Wildman–Crippen MR) is 550 cm³/mol. The van der Waals surface area contributed by atoms with Gasteiger partial charge in [0.25, 0.3) is 0 Å². The second-order valence-electron chi connectivity index (χ2n) is 35.1. The molecule has 6 nitrogen and oxygen atoms in total. The number of aryl methyl sites for hydroxylation is 4. The molecule has 0 aliphatic heterocycles. The first-order valence-electron chi connectivity index (χ1n) is 45.0. The van der Waals surface area contributed by atoms with Gasteiger partial charge in [0.05, 0.1) is 66.2 Å². The molecule has 20 aromatic carbocycles. The van der Waals surface area contributed by atoms with Crippen molar-refractivity contribution in [3.8, 4) is 101 Å². The fourth-order valence-electron chi connectivity index (χ4n) is 20.9. The Morgan fingerprint density at radius 2 is 0.238 bits per heavy atom. The van der Waals surface area contributed by atoms with Crippen LogP contribution in [0.4, 0.5) is 0 Å². The van der Waals surface area contributed by atoms with Crippen LogP contribution in [0.2, 0.25) is 0 Å². The van der Waals surface area contributed by atoms with E-state index in [0.29, 0.717) is 0 Å². The molecule has 0 aliphatic carbocycles. The molecular weight excluding hydrogens is 1570 g/mol. The van der Waals surface area contributed by atoms with E-state index in [4.69, 9.17) is 0 Å². The molecule has 26 rings (SSSR count). The summed E-state index contributed by atoms with van der Waals surface area (Å²) in [5.74, 6) is 0. The molecule has 0 saturated heterocycles. The zero-order valence-electron chi connectivity index (χ0n) is 72.4. The molecule has 0 amide bonds. The molecule has 26 aromatic rings. The second-order valence-corrected chi connectivity index (χ2v) is 35.1. The number of fused-ring (bicyclic) bond motifs is 18. The van der Waals surface area contributed by atoms with Gasteiger partial charge in [-0.1, -0.05) is 265 Å². The monoisotopic (exact) mass is 1660 g/mol. The van der Waals surface area contributed by atoms with Gasteiger partial charge in [-0.25, -0.2) is 0 Å². The van der Waals surface area contributed by atoms with Crippen molar-refractivity contribution in [2.24, 2.45) is 0 Å². The number of aromatic nitrogens is 6. The lowest BCUT2D eigenvalue weighted by Gasteiger charge is -2.14. The van der Waals surface area contributed by atoms with E-state index in [2.05, 4.69) is 504 Å². The van der Waals surface area contributed by atoms with E-state index in [1.807, 2.05) is 0 Å². The highest BCUT2D eigenvalue weighted by atomic mass is 15.0. The van der Waals surface area contributed by atoms with Crippen LogP contribution in [0.3, 0.4) is 0 Å². The second kappa shape index (κ2) is 30.5. The number of rotatable bonds is 12. The molecule has 130 heavy (non-hydrogen) atoms. The first-order chi connectivity index (χ1) is 64.1. The van der Waals surface area contributed by atoms with Gasteiger partial charge >= 0.3 is 0 Å². The van der Waals surface area contributed by atoms with E-state index < -0.39 is 0 Å². The van der Waals surface area contributed by atoms with Crippen molar-refractivity contribution < 1.29 is 0 Å². The summed E-state index contributed by atoms with van der Waals surface area (Å²) in [4.78, 5) is 0. The molecule has 6 heteroatoms. The van der Waals surface area contributed by atoms with Crippen LogP contribution in [0.25, 0.3) is 232 Å². The highest BCUT2D eigenvalue weighted by molar-refractivity contribution is 6.15. The first kappa shape index (κ1) is 75.7. The molecule has 0 N–H and O–H groups in total. The summed E-state index contributed by atoms with van der Waals surface area (Å²) in [6.45, 7) is 8.71. The third-order valence-corrected chi connectivity index (χ3v) is 27.1. The van der Waals surface area contributed by atoms with Crippen molar-refractivity contribution >= 4 is 131 Å². The SMILES string of the molecule is Cc1ccc2c(c1)c1cc(C)ccc1n2-c1ccc(-c2cc(-c3ccc(-n4c5ccccc5c5ccccc54)cc3)cc(-c3ccc(-n4c5ccc(C)cc5c5cc(C)ccc54)cc3)c2)cc1.c1ccc2c(c1)c1ccccc1n2-c1ccc(-c2cc(-c3ccc(-n4c5ccccc5c5ccccc54)cc3)cc(-c3ccc(-n4c5ccccc5c5ccccc54)cc3)c2)cc1. The lowest BCUT2D eigenvalue weighted by Crippen LogP contribution is -1.95. The number of para-hydroxylation sites is 8. The van der Waals surface area contributed by atoms with Crippen LogP contribution in [0.5, 0.6) is 0 Å². The minimum absolute atomic E-state index is 1.15. The molecule has 0 fully saturated rings. The quantitative estimate of drug-likeness (QED) is 0.117. The number of benzene rings is 20. The van der Waals surface area contributed by atoms with E-state index >= 15 is 0 Å². The summed E-state index contributed by atoms with van der Waals surface area (Å²) in [5, 5.41) is 15.3. The van der Waals surface area contributed by atoms with Gasteiger partial charge in [-0.15, -0.1) is 0 Å². The molecule has 0 bridgehead atoms. The number of hydrogen-bond acceptors (Lipinski definition) is 0. The van der Waals surface area contributed by atoms with Crippen LogP contribution in [-0.2, 0) is 0 Å². The van der Waals surface area contributed by atoms with Crippen molar-refractivity contribution in [1.82, 2.24) is 27.4 Å². The Balaban J connectivity index is 0.000000141. The van der Waals surface area contributed by atoms with E-state index in [1.165, 1.54) is 220 Å². The van der Waals surface area contributed by atoms with E-state index in [1.54, 1.807) is 0 Å². The van der Waals surface area contributed by atoms with Crippen LogP contribution >= 0.6 is 0 Å². The van der Waals surface area contributed by atoms with Crippen LogP contribution < -0.4 is 0 Å². The van der Waals surface area contributed by atoms with Crippen LogP contribution in [0.15, 0.2) is 449 Å². The highest BCUT2D eigenvalue weighted by Gasteiger charge is 2.22. The maximum Gasteiger partial charge on any atom is 0.0541 e. The lowest BCUT2D eigenvalue weighted by molar-refractivity contribution is 1.18. The molecule has 0 atom stereocenters. The molecule has 0 aliphatic rings. The van der Waals surface area contributed by atoms with Gasteiger partial charge in [0.1, 0.15) is 0 Å². The average molecular weight is 1660 g/mol. The van der Waals surface area contributed by atoms with Crippen molar-refractivity contribution in [2.75, 3.05) is 0 Å². The molecule has 0 saturated carbocycles. The third-order valence-electron chi connectivity index (χ3n) is 27.1. The maximum absolute atomic E-state index is 2.41. The molecule has 6 heterocycles. The molecule has 0 spiro atoms. The number of hydrogen-bond donors (Lipinski definition) is 0. The normalized spacial score (nSPS) is 11.8. The Bertz CT molecular complexity index is 8090. The molecule has 0 radical (unpaired) electrons. The maximum atomic E-state index is 2.41. The van der Waals surface area contributed by atoms with E-state index in [-0.39, 0.29) is 0 Å². The van der Waals surface area contributed by atoms with E-state index in [0.717, 1.165) is 34.1 Å². The topological polar surface area (TPSA) is 29.6 Å². The van der Waals surface area contributed by atoms with Crippen LogP contribution in [0.1, 0.15) is 22.3 Å². The summed E-state index contributed by atoms with van der Waals surface area (Å²) >= 11 is 0. The summed E-state index contributed by atoms with van der Waals surface area (Å²) in [7, 11) is 0. The lowest BCUT2D eigenvalue weighted by atomic mass is 9.93. The third kappa shape index (κ3) is 12.6. The van der Waals surface area contributed by atoms with Gasteiger partial charge in [-0.2, -0.15) is 0 Å². The standard InChI is InChI=1S/C64H47N3.C60H39N3/c1-40-13-29-61-55(33-40)56-34-41(2)14-30-62(56)66(61)51-25-19-45(20-26-51)48-37-47(44-17-23-50(24-18-44)65-59-11-7-5-9-53(59)54-10-6-8-12-60(54)65)38-49(39-48)46-21-27-52(28-22-46)67-63-31-15-42(3)35-57(63)58-36-43(4)16-32-64(58)67;1-7-19-55-49(13-1)50-14-2-8-20-56(50)61(55)46-31-25-40(26-32-46)43-37-44(41-27-33-47(34-28-41)62-57-21-9-3-15-51(57)52-16-4-10-22-58(52)62)39-45(38-43)42-29-35-48(36-30-42)63-59-23-11-5-17-53(59)54-18-6-12-24-60(54)63/h5-39H,1-4H3;1-39H. The fourth-order valence-corrected chi connectivity index (χ4v) is 20.9. The summed E-state index contributed by atoms with van der Waals surface area (Å²) < 4.78 is 14.4. The summed E-state index contributed by atoms with van der Waals surface area (Å²) in [6.07, 6.45) is 0. The average Bonchev–Trinajstić information content (AvgIpc) is 1.56. The van der Waals surface area contributed by atoms with Gasteiger partial charge in [-0.05, 0) is 301 Å².